The average molecular weight is 209 g/mol. The van der Waals surface area contributed by atoms with Crippen LogP contribution >= 0.6 is 15.9 Å². The Balaban J connectivity index is 3.57. The van der Waals surface area contributed by atoms with Gasteiger partial charge in [0.1, 0.15) is 11.4 Å². The summed E-state index contributed by atoms with van der Waals surface area (Å²) < 4.78 is 4.98. The molecule has 0 aromatic heterocycles. The van der Waals surface area contributed by atoms with Crippen LogP contribution in [0.3, 0.4) is 0 Å². The number of halogens is 1. The largest absolute Gasteiger partial charge is 0.462 e. The van der Waals surface area contributed by atoms with Crippen molar-refractivity contribution >= 4 is 21.9 Å². The van der Waals surface area contributed by atoms with Crippen LogP contribution in [0.4, 0.5) is 0 Å². The van der Waals surface area contributed by atoms with E-state index < -0.39 is 0 Å². The number of ether oxygens (including phenoxy) is 1. The summed E-state index contributed by atoms with van der Waals surface area (Å²) in [6.07, 6.45) is 0.0186. The zero-order valence-electron chi connectivity index (χ0n) is 6.56. The van der Waals surface area contributed by atoms with Gasteiger partial charge in [-0.1, -0.05) is 29.8 Å². The minimum Gasteiger partial charge on any atom is -0.462 e. The fraction of sp³-hybridized carbons (Fsp3) is 0.857. The molecule has 0 amide bonds. The molecule has 3 heteroatoms. The third kappa shape index (κ3) is 3.88. The fourth-order valence-corrected chi connectivity index (χ4v) is 0.507. The van der Waals surface area contributed by atoms with Crippen LogP contribution in [0, 0.1) is 5.92 Å². The molecule has 10 heavy (non-hydrogen) atoms. The number of carbonyl (C=O) groups excluding carboxylic acids is 1. The van der Waals surface area contributed by atoms with Crippen molar-refractivity contribution in [2.75, 3.05) is 5.33 Å². The van der Waals surface area contributed by atoms with Crippen LogP contribution < -0.4 is 0 Å². The van der Waals surface area contributed by atoms with Gasteiger partial charge in [0.2, 0.25) is 0 Å². The molecule has 0 saturated heterocycles. The van der Waals surface area contributed by atoms with E-state index in [1.807, 2.05) is 20.8 Å². The Labute approximate surface area is 70.1 Å². The molecule has 0 bridgehead atoms. The third-order valence-electron chi connectivity index (χ3n) is 1.37. The quantitative estimate of drug-likeness (QED) is 0.524. The lowest BCUT2D eigenvalue weighted by Gasteiger charge is -2.15. The van der Waals surface area contributed by atoms with Crippen molar-refractivity contribution in [1.82, 2.24) is 0 Å². The van der Waals surface area contributed by atoms with Crippen molar-refractivity contribution in [3.8, 4) is 0 Å². The Kier molecular flexibility index (Phi) is 4.69. The molecule has 0 heterocycles. The molecule has 0 N–H and O–H groups in total. The van der Waals surface area contributed by atoms with E-state index in [9.17, 15) is 4.79 Å². The second-order valence-electron chi connectivity index (χ2n) is 2.57. The van der Waals surface area contributed by atoms with Crippen molar-refractivity contribution in [3.05, 3.63) is 0 Å². The number of hydrogen-bond acceptors (Lipinski definition) is 2. The van der Waals surface area contributed by atoms with E-state index in [0.717, 1.165) is 0 Å². The zero-order chi connectivity index (χ0) is 8.15. The van der Waals surface area contributed by atoms with Gasteiger partial charge in [0.05, 0.1) is 0 Å². The summed E-state index contributed by atoms with van der Waals surface area (Å²) in [6, 6.07) is 0. The minimum atomic E-state index is -0.193. The average Bonchev–Trinajstić information content (AvgIpc) is 1.87. The molecule has 0 aliphatic carbocycles. The molecule has 0 rings (SSSR count). The van der Waals surface area contributed by atoms with Gasteiger partial charge in [0.25, 0.3) is 0 Å². The van der Waals surface area contributed by atoms with Gasteiger partial charge in [0, 0.05) is 0 Å². The number of esters is 1. The monoisotopic (exact) mass is 208 g/mol. The van der Waals surface area contributed by atoms with Gasteiger partial charge in [-0.15, -0.1) is 0 Å². The summed E-state index contributed by atoms with van der Waals surface area (Å²) in [5.74, 6) is 0.198. The van der Waals surface area contributed by atoms with Gasteiger partial charge < -0.3 is 4.74 Å². The molecule has 0 aromatic carbocycles. The molecule has 0 radical (unpaired) electrons. The molecule has 0 spiro atoms. The normalized spacial score (nSPS) is 13.3. The first-order chi connectivity index (χ1) is 4.57. The Bertz CT molecular complexity index is 112. The summed E-state index contributed by atoms with van der Waals surface area (Å²) in [6.45, 7) is 5.93. The molecule has 0 fully saturated rings. The van der Waals surface area contributed by atoms with Gasteiger partial charge in [-0.2, -0.15) is 0 Å². The topological polar surface area (TPSA) is 26.3 Å². The Hall–Kier alpha value is -0.0500. The molecule has 0 aromatic rings. The summed E-state index contributed by atoms with van der Waals surface area (Å²) in [7, 11) is 0. The van der Waals surface area contributed by atoms with Crippen LogP contribution in [0.1, 0.15) is 20.8 Å². The van der Waals surface area contributed by atoms with E-state index in [-0.39, 0.29) is 17.4 Å². The predicted octanol–water partition coefficient (Wildman–Crippen LogP) is 1.97. The molecule has 0 saturated carbocycles. The number of alkyl halides is 1. The van der Waals surface area contributed by atoms with Crippen LogP contribution in [0.15, 0.2) is 0 Å². The summed E-state index contributed by atoms with van der Waals surface area (Å²) in [4.78, 5) is 10.7. The van der Waals surface area contributed by atoms with Crippen molar-refractivity contribution in [3.63, 3.8) is 0 Å². The minimum absolute atomic E-state index is 0.0186. The molecule has 1 unspecified atom stereocenters. The van der Waals surface area contributed by atoms with E-state index in [4.69, 9.17) is 4.74 Å². The van der Waals surface area contributed by atoms with Crippen LogP contribution in [0.25, 0.3) is 0 Å². The summed E-state index contributed by atoms with van der Waals surface area (Å²) in [5.41, 5.74) is 0. The van der Waals surface area contributed by atoms with E-state index in [1.165, 1.54) is 0 Å². The first-order valence-electron chi connectivity index (χ1n) is 3.33. The van der Waals surface area contributed by atoms with E-state index >= 15 is 0 Å². The lowest BCUT2D eigenvalue weighted by atomic mass is 10.1. The Morgan fingerprint density at radius 2 is 2.00 bits per heavy atom. The van der Waals surface area contributed by atoms with Crippen molar-refractivity contribution in [2.24, 2.45) is 5.92 Å². The molecular formula is C7H13BrO2. The summed E-state index contributed by atoms with van der Waals surface area (Å²) in [5, 5.41) is 0.282. The van der Waals surface area contributed by atoms with Crippen LogP contribution in [-0.4, -0.2) is 17.4 Å². The molecule has 2 nitrogen and oxygen atoms in total. The molecule has 1 atom stereocenters. The van der Waals surface area contributed by atoms with E-state index in [0.29, 0.717) is 5.92 Å². The van der Waals surface area contributed by atoms with Crippen LogP contribution in [-0.2, 0) is 9.53 Å². The summed E-state index contributed by atoms with van der Waals surface area (Å²) >= 11 is 3.02. The smallest absolute Gasteiger partial charge is 0.316 e. The van der Waals surface area contributed by atoms with Crippen molar-refractivity contribution < 1.29 is 9.53 Å². The van der Waals surface area contributed by atoms with Crippen LogP contribution in [0.5, 0.6) is 0 Å². The second kappa shape index (κ2) is 4.72. The molecule has 0 aliphatic heterocycles. The standard InChI is InChI=1S/C7H13BrO2/c1-5(2)6(3)10-7(9)4-8/h5-6H,4H2,1-3H3. The second-order valence-corrected chi connectivity index (χ2v) is 3.13. The fourth-order valence-electron chi connectivity index (χ4n) is 0.375. The van der Waals surface area contributed by atoms with Gasteiger partial charge >= 0.3 is 5.97 Å². The number of hydrogen-bond donors (Lipinski definition) is 0. The predicted molar refractivity (Wildman–Crippen MR) is 44.2 cm³/mol. The van der Waals surface area contributed by atoms with E-state index in [2.05, 4.69) is 15.9 Å². The highest BCUT2D eigenvalue weighted by molar-refractivity contribution is 9.09. The van der Waals surface area contributed by atoms with Gasteiger partial charge in [-0.3, -0.25) is 4.79 Å². The van der Waals surface area contributed by atoms with Gasteiger partial charge in [0.15, 0.2) is 0 Å². The van der Waals surface area contributed by atoms with Crippen molar-refractivity contribution in [2.45, 2.75) is 26.9 Å². The van der Waals surface area contributed by atoms with Gasteiger partial charge in [-0.05, 0) is 12.8 Å². The van der Waals surface area contributed by atoms with Crippen molar-refractivity contribution in [1.29, 1.82) is 0 Å². The molecule has 0 aliphatic rings. The lowest BCUT2D eigenvalue weighted by molar-refractivity contribution is -0.146. The number of rotatable bonds is 3. The highest BCUT2D eigenvalue weighted by atomic mass is 79.9. The SMILES string of the molecule is CC(C)C(C)OC(=O)CBr. The highest BCUT2D eigenvalue weighted by Crippen LogP contribution is 2.05. The van der Waals surface area contributed by atoms with Gasteiger partial charge in [-0.25, -0.2) is 0 Å². The first-order valence-corrected chi connectivity index (χ1v) is 4.45. The molecule has 60 valence electrons. The van der Waals surface area contributed by atoms with Crippen LogP contribution in [0.2, 0.25) is 0 Å². The maximum absolute atomic E-state index is 10.7. The lowest BCUT2D eigenvalue weighted by Crippen LogP contribution is -2.20. The zero-order valence-corrected chi connectivity index (χ0v) is 8.14. The number of carbonyl (C=O) groups is 1. The Morgan fingerprint density at radius 1 is 1.50 bits per heavy atom. The first kappa shape index (κ1) is 9.95. The maximum Gasteiger partial charge on any atom is 0.316 e. The molecular weight excluding hydrogens is 196 g/mol. The third-order valence-corrected chi connectivity index (χ3v) is 1.82. The van der Waals surface area contributed by atoms with E-state index in [1.54, 1.807) is 0 Å². The maximum atomic E-state index is 10.7. The Morgan fingerprint density at radius 3 is 2.30 bits per heavy atom. The highest BCUT2D eigenvalue weighted by Gasteiger charge is 2.10.